The van der Waals surface area contributed by atoms with Crippen LogP contribution in [0.5, 0.6) is 0 Å². The van der Waals surface area contributed by atoms with E-state index in [0.29, 0.717) is 27.1 Å². The van der Waals surface area contributed by atoms with E-state index in [2.05, 4.69) is 70.5 Å². The predicted molar refractivity (Wildman–Crippen MR) is 182 cm³/mol. The lowest BCUT2D eigenvalue weighted by Crippen LogP contribution is -2.06. The van der Waals surface area contributed by atoms with Crippen LogP contribution in [0.25, 0.3) is 38.0 Å². The highest BCUT2D eigenvalue weighted by molar-refractivity contribution is 9.10. The fourth-order valence-electron chi connectivity index (χ4n) is 5.77. The van der Waals surface area contributed by atoms with E-state index in [0.717, 1.165) is 25.3 Å². The summed E-state index contributed by atoms with van der Waals surface area (Å²) in [5.74, 6) is 0.181. The molecule has 0 radical (unpaired) electrons. The number of ether oxygens (including phenoxy) is 1. The highest BCUT2D eigenvalue weighted by Crippen LogP contribution is 2.46. The molecule has 0 aliphatic carbocycles. The fourth-order valence-corrected chi connectivity index (χ4v) is 8.62. The molecule has 43 heavy (non-hydrogen) atoms. The van der Waals surface area contributed by atoms with Crippen molar-refractivity contribution >= 4 is 88.7 Å². The summed E-state index contributed by atoms with van der Waals surface area (Å²) in [5.41, 5.74) is 4.92. The van der Waals surface area contributed by atoms with Crippen molar-refractivity contribution in [3.63, 3.8) is 0 Å². The van der Waals surface area contributed by atoms with Crippen LogP contribution in [0.4, 0.5) is 0 Å². The van der Waals surface area contributed by atoms with E-state index in [4.69, 9.17) is 4.74 Å². The van der Waals surface area contributed by atoms with Crippen molar-refractivity contribution in [2.24, 2.45) is 0 Å². The normalized spacial score (nSPS) is 11.6. The van der Waals surface area contributed by atoms with Crippen molar-refractivity contribution in [1.82, 2.24) is 4.40 Å². The minimum Gasteiger partial charge on any atom is -0.462 e. The molecule has 7 heteroatoms. The Labute approximate surface area is 265 Å². The molecule has 7 aromatic rings. The third kappa shape index (κ3) is 4.85. The van der Waals surface area contributed by atoms with Crippen molar-refractivity contribution in [2.45, 2.75) is 23.8 Å². The first-order chi connectivity index (χ1) is 20.9. The van der Waals surface area contributed by atoms with Gasteiger partial charge >= 0.3 is 5.97 Å². The number of benzene rings is 4. The molecule has 0 aliphatic heterocycles. The van der Waals surface area contributed by atoms with Gasteiger partial charge in [-0.2, -0.15) is 0 Å². The largest absolute Gasteiger partial charge is 0.462 e. The van der Waals surface area contributed by atoms with Gasteiger partial charge in [0.15, 0.2) is 0 Å². The summed E-state index contributed by atoms with van der Waals surface area (Å²) in [7, 11) is 0. The zero-order valence-electron chi connectivity index (χ0n) is 23.5. The topological polar surface area (TPSA) is 47.8 Å². The predicted octanol–water partition coefficient (Wildman–Crippen LogP) is 10.2. The van der Waals surface area contributed by atoms with Crippen LogP contribution in [0.1, 0.15) is 43.6 Å². The first kappa shape index (κ1) is 27.9. The van der Waals surface area contributed by atoms with Crippen LogP contribution >= 0.6 is 39.0 Å². The van der Waals surface area contributed by atoms with Crippen LogP contribution in [-0.4, -0.2) is 22.8 Å². The van der Waals surface area contributed by atoms with Crippen molar-refractivity contribution in [1.29, 1.82) is 0 Å². The molecular formula is C36H26BrNO3S2. The highest BCUT2D eigenvalue weighted by Gasteiger charge is 2.30. The number of carbonyl (C=O) groups is 2. The molecule has 0 spiro atoms. The maximum absolute atomic E-state index is 14.1. The lowest BCUT2D eigenvalue weighted by Gasteiger charge is -2.11. The Bertz CT molecular complexity index is 2160. The SMILES string of the molecule is CCOC(=O)c1c2c(C(=O)c3ccc(Br)cc3)sc(SCc3c4ccccc4cc4ccccc34)c2n2ccc(C)cc12. The maximum atomic E-state index is 14.1. The van der Waals surface area contributed by atoms with Crippen LogP contribution in [0.2, 0.25) is 0 Å². The summed E-state index contributed by atoms with van der Waals surface area (Å²) < 4.78 is 9.50. The molecule has 7 rings (SSSR count). The highest BCUT2D eigenvalue weighted by atomic mass is 79.9. The van der Waals surface area contributed by atoms with Crippen LogP contribution < -0.4 is 0 Å². The standard InChI is InChI=1S/C36H26BrNO3S2/c1-3-41-35(40)30-29-18-21(2)16-17-38(29)32-31(30)34(33(39)22-12-14-25(37)15-13-22)43-36(32)42-20-28-26-10-6-4-8-23(26)19-24-9-5-7-11-27(24)28/h4-19H,3,20H2,1-2H3. The van der Waals surface area contributed by atoms with Crippen LogP contribution in [-0.2, 0) is 10.5 Å². The Morgan fingerprint density at radius 2 is 1.58 bits per heavy atom. The summed E-state index contributed by atoms with van der Waals surface area (Å²) in [6.45, 7) is 4.06. The molecule has 0 bridgehead atoms. The summed E-state index contributed by atoms with van der Waals surface area (Å²) in [6, 6.07) is 30.6. The molecule has 0 atom stereocenters. The molecule has 0 aliphatic rings. The number of pyridine rings is 1. The Kier molecular flexibility index (Phi) is 7.33. The van der Waals surface area contributed by atoms with Gasteiger partial charge in [0.05, 0.1) is 32.3 Å². The molecule has 212 valence electrons. The molecule has 0 N–H and O–H groups in total. The number of thioether (sulfide) groups is 1. The van der Waals surface area contributed by atoms with Gasteiger partial charge in [-0.25, -0.2) is 4.79 Å². The summed E-state index contributed by atoms with van der Waals surface area (Å²) in [5, 5.41) is 5.50. The Hall–Kier alpha value is -3.91. The number of ketones is 1. The number of aromatic nitrogens is 1. The molecule has 0 fully saturated rings. The molecule has 0 unspecified atom stereocenters. The number of halogens is 1. The monoisotopic (exact) mass is 663 g/mol. The number of nitrogens with zero attached hydrogens (tertiary/aromatic N) is 1. The van der Waals surface area contributed by atoms with Gasteiger partial charge in [0, 0.05) is 27.4 Å². The molecule has 0 amide bonds. The van der Waals surface area contributed by atoms with Crippen LogP contribution in [0, 0.1) is 6.92 Å². The number of fused-ring (bicyclic) bond motifs is 5. The summed E-state index contributed by atoms with van der Waals surface area (Å²) in [6.07, 6.45) is 1.99. The van der Waals surface area contributed by atoms with E-state index in [-0.39, 0.29) is 12.4 Å². The minimum atomic E-state index is -0.417. The van der Waals surface area contributed by atoms with Gasteiger partial charge in [-0.15, -0.1) is 23.1 Å². The molecule has 3 heterocycles. The first-order valence-corrected chi connectivity index (χ1v) is 16.6. The number of hydrogen-bond donors (Lipinski definition) is 0. The van der Waals surface area contributed by atoms with Crippen LogP contribution in [0.15, 0.2) is 106 Å². The van der Waals surface area contributed by atoms with E-state index in [1.807, 2.05) is 53.9 Å². The maximum Gasteiger partial charge on any atom is 0.341 e. The number of thiophene rings is 1. The molecule has 0 saturated carbocycles. The molecule has 3 aromatic heterocycles. The second-order valence-electron chi connectivity index (χ2n) is 10.4. The van der Waals surface area contributed by atoms with E-state index in [9.17, 15) is 9.59 Å². The number of carbonyl (C=O) groups excluding carboxylic acids is 2. The van der Waals surface area contributed by atoms with Gasteiger partial charge in [-0.05, 0) is 89.0 Å². The average molecular weight is 665 g/mol. The summed E-state index contributed by atoms with van der Waals surface area (Å²) in [4.78, 5) is 28.2. The lowest BCUT2D eigenvalue weighted by molar-refractivity contribution is 0.0531. The third-order valence-electron chi connectivity index (χ3n) is 7.73. The van der Waals surface area contributed by atoms with Crippen molar-refractivity contribution in [3.8, 4) is 0 Å². The van der Waals surface area contributed by atoms with Gasteiger partial charge in [-0.1, -0.05) is 64.5 Å². The molecule has 4 aromatic carbocycles. The van der Waals surface area contributed by atoms with Gasteiger partial charge in [-0.3, -0.25) is 4.79 Å². The van der Waals surface area contributed by atoms with Crippen molar-refractivity contribution in [2.75, 3.05) is 6.61 Å². The zero-order chi connectivity index (χ0) is 29.7. The lowest BCUT2D eigenvalue weighted by atomic mass is 9.98. The van der Waals surface area contributed by atoms with Gasteiger partial charge in [0.2, 0.25) is 5.78 Å². The quantitative estimate of drug-likeness (QED) is 0.0737. The van der Waals surface area contributed by atoms with Crippen molar-refractivity contribution in [3.05, 3.63) is 129 Å². The zero-order valence-corrected chi connectivity index (χ0v) is 26.7. The number of rotatable bonds is 7. The smallest absolute Gasteiger partial charge is 0.341 e. The summed E-state index contributed by atoms with van der Waals surface area (Å²) >= 11 is 6.64. The second kappa shape index (κ2) is 11.3. The molecular weight excluding hydrogens is 638 g/mol. The van der Waals surface area contributed by atoms with Gasteiger partial charge in [0.1, 0.15) is 0 Å². The Balaban J connectivity index is 1.46. The Morgan fingerprint density at radius 1 is 0.907 bits per heavy atom. The fraction of sp³-hybridized carbons (Fsp3) is 0.111. The Morgan fingerprint density at radius 3 is 2.26 bits per heavy atom. The number of hydrogen-bond acceptors (Lipinski definition) is 5. The van der Waals surface area contributed by atoms with E-state index >= 15 is 0 Å². The number of aryl methyl sites for hydroxylation is 1. The third-order valence-corrected chi connectivity index (χ3v) is 10.7. The average Bonchev–Trinajstić information content (AvgIpc) is 3.54. The van der Waals surface area contributed by atoms with E-state index in [1.54, 1.807) is 18.7 Å². The molecule has 0 saturated heterocycles. The van der Waals surface area contributed by atoms with Gasteiger partial charge in [0.25, 0.3) is 0 Å². The second-order valence-corrected chi connectivity index (χ2v) is 13.6. The van der Waals surface area contributed by atoms with Crippen LogP contribution in [0.3, 0.4) is 0 Å². The van der Waals surface area contributed by atoms with E-state index < -0.39 is 5.97 Å². The number of esters is 1. The first-order valence-electron chi connectivity index (χ1n) is 14.0. The molecule has 4 nitrogen and oxygen atoms in total. The van der Waals surface area contributed by atoms with Gasteiger partial charge < -0.3 is 9.14 Å². The van der Waals surface area contributed by atoms with E-state index in [1.165, 1.54) is 38.4 Å². The van der Waals surface area contributed by atoms with Crippen molar-refractivity contribution < 1.29 is 14.3 Å². The minimum absolute atomic E-state index is 0.108.